The van der Waals surface area contributed by atoms with Gasteiger partial charge in [-0.25, -0.2) is 8.42 Å². The molecule has 1 aromatic rings. The number of piperidine rings is 1. The lowest BCUT2D eigenvalue weighted by atomic mass is 9.78. The minimum atomic E-state index is -3.60. The molecule has 2 heterocycles. The molecule has 0 spiro atoms. The van der Waals surface area contributed by atoms with Gasteiger partial charge in [-0.2, -0.15) is 4.31 Å². The zero-order valence-electron chi connectivity index (χ0n) is 16.0. The third kappa shape index (κ3) is 5.03. The fourth-order valence-corrected chi connectivity index (χ4v) is 5.01. The second-order valence-corrected chi connectivity index (χ2v) is 8.90. The Bertz CT molecular complexity index is 757. The number of morpholine rings is 1. The molecule has 1 aromatic carbocycles. The van der Waals surface area contributed by atoms with E-state index in [0.29, 0.717) is 51.4 Å². The van der Waals surface area contributed by atoms with Gasteiger partial charge in [0, 0.05) is 25.9 Å². The maximum absolute atomic E-state index is 12.9. The van der Waals surface area contributed by atoms with Gasteiger partial charge in [0.25, 0.3) is 0 Å². The van der Waals surface area contributed by atoms with Crippen molar-refractivity contribution in [3.05, 3.63) is 24.3 Å². The predicted molar refractivity (Wildman–Crippen MR) is 108 cm³/mol. The third-order valence-electron chi connectivity index (χ3n) is 5.16. The van der Waals surface area contributed by atoms with Crippen LogP contribution in [-0.2, 0) is 24.3 Å². The Morgan fingerprint density at radius 1 is 1.29 bits per heavy atom. The molecule has 0 atom stereocenters. The van der Waals surface area contributed by atoms with Gasteiger partial charge in [-0.15, -0.1) is 12.4 Å². The van der Waals surface area contributed by atoms with Crippen LogP contribution >= 0.6 is 12.4 Å². The number of amides is 1. The highest BCUT2D eigenvalue weighted by molar-refractivity contribution is 7.89. The maximum Gasteiger partial charge on any atom is 0.243 e. The van der Waals surface area contributed by atoms with E-state index in [4.69, 9.17) is 9.47 Å². The van der Waals surface area contributed by atoms with Gasteiger partial charge in [0.2, 0.25) is 15.9 Å². The standard InChI is InChI=1S/C18H27N3O5S.ClH/c1-25-14-18(5-7-19-8-6-18)17(22)20-15-3-2-4-16(13-15)27(23,24)21-9-11-26-12-10-21;/h2-4,13,19H,5-12,14H2,1H3,(H,20,22);1H. The lowest BCUT2D eigenvalue weighted by molar-refractivity contribution is -0.130. The highest BCUT2D eigenvalue weighted by Crippen LogP contribution is 2.31. The van der Waals surface area contributed by atoms with E-state index < -0.39 is 15.4 Å². The van der Waals surface area contributed by atoms with Gasteiger partial charge in [0.1, 0.15) is 0 Å². The molecular formula is C18H28ClN3O5S. The van der Waals surface area contributed by atoms with Gasteiger partial charge in [-0.05, 0) is 44.1 Å². The first kappa shape index (κ1) is 23.1. The van der Waals surface area contributed by atoms with E-state index in [0.717, 1.165) is 13.1 Å². The molecule has 0 unspecified atom stereocenters. The number of hydrogen-bond acceptors (Lipinski definition) is 6. The Balaban J connectivity index is 0.00000280. The quantitative estimate of drug-likeness (QED) is 0.696. The van der Waals surface area contributed by atoms with Crippen LogP contribution in [0.3, 0.4) is 0 Å². The van der Waals surface area contributed by atoms with Crippen LogP contribution in [0.15, 0.2) is 29.2 Å². The van der Waals surface area contributed by atoms with Crippen molar-refractivity contribution in [2.24, 2.45) is 5.41 Å². The average molecular weight is 434 g/mol. The Hall–Kier alpha value is -1.23. The van der Waals surface area contributed by atoms with Gasteiger partial charge in [-0.1, -0.05) is 6.07 Å². The number of sulfonamides is 1. The van der Waals surface area contributed by atoms with E-state index in [9.17, 15) is 13.2 Å². The zero-order chi connectivity index (χ0) is 19.3. The molecule has 2 N–H and O–H groups in total. The van der Waals surface area contributed by atoms with Gasteiger partial charge < -0.3 is 20.1 Å². The number of rotatable bonds is 6. The number of hydrogen-bond donors (Lipinski definition) is 2. The number of methoxy groups -OCH3 is 1. The molecule has 28 heavy (non-hydrogen) atoms. The second kappa shape index (κ2) is 10.00. The minimum absolute atomic E-state index is 0. The van der Waals surface area contributed by atoms with Crippen molar-refractivity contribution in [3.8, 4) is 0 Å². The Kier molecular flexibility index (Phi) is 8.23. The first-order valence-corrected chi connectivity index (χ1v) is 10.6. The molecule has 2 saturated heterocycles. The third-order valence-corrected chi connectivity index (χ3v) is 7.06. The highest BCUT2D eigenvalue weighted by atomic mass is 35.5. The first-order valence-electron chi connectivity index (χ1n) is 9.17. The summed E-state index contributed by atoms with van der Waals surface area (Å²) in [7, 11) is -2.01. The van der Waals surface area contributed by atoms with Crippen molar-refractivity contribution in [2.45, 2.75) is 17.7 Å². The number of nitrogens with one attached hydrogen (secondary N) is 2. The smallest absolute Gasteiger partial charge is 0.243 e. The Morgan fingerprint density at radius 2 is 1.96 bits per heavy atom. The molecule has 0 saturated carbocycles. The molecule has 0 aliphatic carbocycles. The number of halogens is 1. The maximum atomic E-state index is 12.9. The van der Waals surface area contributed by atoms with Crippen molar-refractivity contribution in [3.63, 3.8) is 0 Å². The van der Waals surface area contributed by atoms with Crippen molar-refractivity contribution in [1.29, 1.82) is 0 Å². The lowest BCUT2D eigenvalue weighted by Gasteiger charge is -2.35. The largest absolute Gasteiger partial charge is 0.384 e. The van der Waals surface area contributed by atoms with E-state index in [-0.39, 0.29) is 23.2 Å². The number of carbonyl (C=O) groups excluding carboxylic acids is 1. The number of nitrogens with zero attached hydrogens (tertiary/aromatic N) is 1. The van der Waals surface area contributed by atoms with Gasteiger partial charge >= 0.3 is 0 Å². The van der Waals surface area contributed by atoms with E-state index in [1.807, 2.05) is 0 Å². The van der Waals surface area contributed by atoms with Crippen LogP contribution in [0, 0.1) is 5.41 Å². The van der Waals surface area contributed by atoms with E-state index in [2.05, 4.69) is 10.6 Å². The van der Waals surface area contributed by atoms with Crippen LogP contribution in [0.5, 0.6) is 0 Å². The van der Waals surface area contributed by atoms with Crippen LogP contribution in [0.1, 0.15) is 12.8 Å². The molecule has 10 heteroatoms. The van der Waals surface area contributed by atoms with E-state index in [1.165, 1.54) is 10.4 Å². The summed E-state index contributed by atoms with van der Waals surface area (Å²) in [5.41, 5.74) is -0.123. The fraction of sp³-hybridized carbons (Fsp3) is 0.611. The van der Waals surface area contributed by atoms with Crippen molar-refractivity contribution < 1.29 is 22.7 Å². The van der Waals surface area contributed by atoms with Crippen LogP contribution in [0.4, 0.5) is 5.69 Å². The predicted octanol–water partition coefficient (Wildman–Crippen LogP) is 1.08. The molecule has 2 aliphatic rings. The van der Waals surface area contributed by atoms with E-state index in [1.54, 1.807) is 25.3 Å². The fourth-order valence-electron chi connectivity index (χ4n) is 3.55. The minimum Gasteiger partial charge on any atom is -0.384 e. The molecule has 1 amide bonds. The molecule has 8 nitrogen and oxygen atoms in total. The Morgan fingerprint density at radius 3 is 2.61 bits per heavy atom. The molecule has 0 aromatic heterocycles. The topological polar surface area (TPSA) is 97.0 Å². The monoisotopic (exact) mass is 433 g/mol. The summed E-state index contributed by atoms with van der Waals surface area (Å²) in [6.45, 7) is 3.30. The van der Waals surface area contributed by atoms with Crippen molar-refractivity contribution >= 4 is 34.0 Å². The SMILES string of the molecule is COCC1(C(=O)Nc2cccc(S(=O)(=O)N3CCOCC3)c2)CCNCC1.Cl. The van der Waals surface area contributed by atoms with Gasteiger partial charge in [-0.3, -0.25) is 4.79 Å². The summed E-state index contributed by atoms with van der Waals surface area (Å²) in [4.78, 5) is 13.1. The van der Waals surface area contributed by atoms with Crippen LogP contribution < -0.4 is 10.6 Å². The molecule has 0 radical (unpaired) electrons. The summed E-state index contributed by atoms with van der Waals surface area (Å²) in [6, 6.07) is 6.42. The van der Waals surface area contributed by atoms with Crippen molar-refractivity contribution in [2.75, 3.05) is 58.4 Å². The normalized spacial score (nSPS) is 20.2. The number of benzene rings is 1. The Labute approximate surface area is 172 Å². The number of anilines is 1. The molecular weight excluding hydrogens is 406 g/mol. The summed E-state index contributed by atoms with van der Waals surface area (Å²) in [6.07, 6.45) is 1.36. The molecule has 158 valence electrons. The number of ether oxygens (including phenoxy) is 2. The van der Waals surface area contributed by atoms with E-state index >= 15 is 0 Å². The van der Waals surface area contributed by atoms with Crippen molar-refractivity contribution in [1.82, 2.24) is 9.62 Å². The van der Waals surface area contributed by atoms with Crippen LogP contribution in [-0.4, -0.2) is 71.7 Å². The first-order chi connectivity index (χ1) is 13.0. The summed E-state index contributed by atoms with van der Waals surface area (Å²) >= 11 is 0. The summed E-state index contributed by atoms with van der Waals surface area (Å²) < 4.78 is 37.6. The lowest BCUT2D eigenvalue weighted by Crippen LogP contribution is -2.47. The van der Waals surface area contributed by atoms with Crippen LogP contribution in [0.25, 0.3) is 0 Å². The summed E-state index contributed by atoms with van der Waals surface area (Å²) in [5.74, 6) is -0.133. The second-order valence-electron chi connectivity index (χ2n) is 6.96. The molecule has 2 fully saturated rings. The molecule has 2 aliphatic heterocycles. The number of carbonyl (C=O) groups is 1. The summed E-state index contributed by atoms with van der Waals surface area (Å²) in [5, 5.41) is 6.15. The van der Waals surface area contributed by atoms with Gasteiger partial charge in [0.15, 0.2) is 0 Å². The van der Waals surface area contributed by atoms with Crippen LogP contribution in [0.2, 0.25) is 0 Å². The highest BCUT2D eigenvalue weighted by Gasteiger charge is 2.39. The molecule has 3 rings (SSSR count). The zero-order valence-corrected chi connectivity index (χ0v) is 17.6. The average Bonchev–Trinajstić information content (AvgIpc) is 2.70. The molecule has 0 bridgehead atoms. The van der Waals surface area contributed by atoms with Gasteiger partial charge in [0.05, 0.1) is 30.1 Å².